The minimum Gasteiger partial charge on any atom is -0.438 e. The van der Waals surface area contributed by atoms with Crippen molar-refractivity contribution in [2.24, 2.45) is 0 Å². The largest absolute Gasteiger partial charge is 0.438 e. The molecule has 126 valence electrons. The Kier molecular flexibility index (Phi) is 4.50. The molecule has 0 aliphatic heterocycles. The smallest absolute Gasteiger partial charge is 0.283 e. The first-order valence-electron chi connectivity index (χ1n) is 7.46. The number of rotatable bonds is 6. The minimum atomic E-state index is -3.76. The van der Waals surface area contributed by atoms with E-state index in [2.05, 4.69) is 14.9 Å². The highest BCUT2D eigenvalue weighted by atomic mass is 32.2. The number of sulfonamides is 1. The maximum absolute atomic E-state index is 12.3. The molecule has 0 radical (unpaired) electrons. The number of nitrogens with one attached hydrogen (secondary N) is 1. The van der Waals surface area contributed by atoms with E-state index < -0.39 is 10.0 Å². The van der Waals surface area contributed by atoms with E-state index >= 15 is 0 Å². The van der Waals surface area contributed by atoms with E-state index in [0.717, 1.165) is 11.1 Å². The van der Waals surface area contributed by atoms with Gasteiger partial charge in [-0.25, -0.2) is 13.1 Å². The monoisotopic (exact) mass is 347 g/mol. The lowest BCUT2D eigenvalue weighted by atomic mass is 10.2. The maximum atomic E-state index is 12.3. The van der Waals surface area contributed by atoms with Gasteiger partial charge in [0.2, 0.25) is 11.0 Å². The summed E-state index contributed by atoms with van der Waals surface area (Å²) in [4.78, 5) is 0. The number of hydrogen-bond donors (Lipinski definition) is 1. The summed E-state index contributed by atoms with van der Waals surface area (Å²) in [5, 5.41) is 7.46. The van der Waals surface area contributed by atoms with Gasteiger partial charge in [-0.15, -0.1) is 10.2 Å². The Labute approximate surface area is 139 Å². The van der Waals surface area contributed by atoms with Gasteiger partial charge in [0.1, 0.15) is 0 Å². The number of aryl methyl sites for hydroxylation is 2. The second-order valence-corrected chi connectivity index (χ2v) is 6.98. The van der Waals surface area contributed by atoms with Gasteiger partial charge in [-0.1, -0.05) is 36.8 Å². The fourth-order valence-electron chi connectivity index (χ4n) is 2.03. The summed E-state index contributed by atoms with van der Waals surface area (Å²) >= 11 is 0. The quantitative estimate of drug-likeness (QED) is 0.736. The molecular weight excluding hydrogens is 330 g/mol. The Hall–Kier alpha value is -2.45. The second kappa shape index (κ2) is 6.58. The SMILES string of the molecule is CCc1nnc(-c2ccc(S(=O)(=O)NCc3ccc(C)cc3)o2)o1. The Balaban J connectivity index is 1.74. The van der Waals surface area contributed by atoms with E-state index in [9.17, 15) is 8.42 Å². The van der Waals surface area contributed by atoms with Crippen LogP contribution in [0.1, 0.15) is 23.9 Å². The number of aromatic nitrogens is 2. The molecule has 1 N–H and O–H groups in total. The van der Waals surface area contributed by atoms with Crippen molar-refractivity contribution in [3.05, 3.63) is 53.4 Å². The zero-order chi connectivity index (χ0) is 17.2. The summed E-state index contributed by atoms with van der Waals surface area (Å²) in [5.74, 6) is 0.841. The van der Waals surface area contributed by atoms with Gasteiger partial charge < -0.3 is 8.83 Å². The highest BCUT2D eigenvalue weighted by molar-refractivity contribution is 7.89. The molecule has 7 nitrogen and oxygen atoms in total. The van der Waals surface area contributed by atoms with Crippen LogP contribution in [-0.2, 0) is 23.0 Å². The molecule has 0 aliphatic rings. The van der Waals surface area contributed by atoms with Crippen LogP contribution in [0, 0.1) is 6.92 Å². The fourth-order valence-corrected chi connectivity index (χ4v) is 2.98. The molecule has 24 heavy (non-hydrogen) atoms. The Morgan fingerprint density at radius 2 is 1.79 bits per heavy atom. The third kappa shape index (κ3) is 3.55. The molecule has 3 rings (SSSR count). The van der Waals surface area contributed by atoms with Crippen molar-refractivity contribution in [3.63, 3.8) is 0 Å². The average molecular weight is 347 g/mol. The molecule has 2 heterocycles. The third-order valence-corrected chi connectivity index (χ3v) is 4.69. The summed E-state index contributed by atoms with van der Waals surface area (Å²) in [6, 6.07) is 10.5. The second-order valence-electron chi connectivity index (χ2n) is 5.28. The van der Waals surface area contributed by atoms with Crippen molar-refractivity contribution in [1.29, 1.82) is 0 Å². The molecule has 0 fully saturated rings. The van der Waals surface area contributed by atoms with Crippen LogP contribution in [0.2, 0.25) is 0 Å². The van der Waals surface area contributed by atoms with Crippen molar-refractivity contribution in [3.8, 4) is 11.7 Å². The summed E-state index contributed by atoms with van der Waals surface area (Å²) in [5.41, 5.74) is 1.98. The highest BCUT2D eigenvalue weighted by Crippen LogP contribution is 2.23. The van der Waals surface area contributed by atoms with Gasteiger partial charge in [0.05, 0.1) is 0 Å². The molecule has 3 aromatic rings. The molecular formula is C16H17N3O4S. The summed E-state index contributed by atoms with van der Waals surface area (Å²) < 4.78 is 37.8. The Morgan fingerprint density at radius 1 is 1.04 bits per heavy atom. The number of furan rings is 1. The molecule has 0 aliphatic carbocycles. The van der Waals surface area contributed by atoms with Gasteiger partial charge in [0.25, 0.3) is 15.9 Å². The number of hydrogen-bond acceptors (Lipinski definition) is 6. The lowest BCUT2D eigenvalue weighted by Gasteiger charge is -2.04. The summed E-state index contributed by atoms with van der Waals surface area (Å²) in [7, 11) is -3.76. The van der Waals surface area contributed by atoms with E-state index in [1.165, 1.54) is 12.1 Å². The fraction of sp³-hybridized carbons (Fsp3) is 0.250. The maximum Gasteiger partial charge on any atom is 0.283 e. The molecule has 8 heteroatoms. The van der Waals surface area contributed by atoms with E-state index in [1.807, 2.05) is 38.1 Å². The molecule has 0 bridgehead atoms. The van der Waals surface area contributed by atoms with Crippen LogP contribution in [-0.4, -0.2) is 18.6 Å². The van der Waals surface area contributed by atoms with Crippen molar-refractivity contribution in [2.75, 3.05) is 0 Å². The van der Waals surface area contributed by atoms with Crippen LogP contribution in [0.15, 0.2) is 50.3 Å². The molecule has 0 saturated heterocycles. The number of nitrogens with zero attached hydrogens (tertiary/aromatic N) is 2. The molecule has 0 saturated carbocycles. The number of benzene rings is 1. The van der Waals surface area contributed by atoms with Crippen LogP contribution in [0.5, 0.6) is 0 Å². The Bertz CT molecular complexity index is 926. The lowest BCUT2D eigenvalue weighted by Crippen LogP contribution is -2.22. The van der Waals surface area contributed by atoms with Gasteiger partial charge in [-0.05, 0) is 24.6 Å². The Morgan fingerprint density at radius 3 is 2.46 bits per heavy atom. The third-order valence-electron chi connectivity index (χ3n) is 3.41. The highest BCUT2D eigenvalue weighted by Gasteiger charge is 2.21. The molecule has 0 atom stereocenters. The van der Waals surface area contributed by atoms with E-state index in [1.54, 1.807) is 0 Å². The van der Waals surface area contributed by atoms with Crippen LogP contribution in [0.4, 0.5) is 0 Å². The van der Waals surface area contributed by atoms with Gasteiger partial charge >= 0.3 is 0 Å². The predicted octanol–water partition coefficient (Wildman–Crippen LogP) is 2.68. The van der Waals surface area contributed by atoms with E-state index in [4.69, 9.17) is 8.83 Å². The first kappa shape index (κ1) is 16.4. The van der Waals surface area contributed by atoms with Crippen LogP contribution >= 0.6 is 0 Å². The van der Waals surface area contributed by atoms with Crippen LogP contribution in [0.3, 0.4) is 0 Å². The first-order chi connectivity index (χ1) is 11.5. The molecule has 0 unspecified atom stereocenters. The standard InChI is InChI=1S/C16H17N3O4S/c1-3-14-18-19-16(23-14)13-8-9-15(22-13)24(20,21)17-10-12-6-4-11(2)5-7-12/h4-9,17H,3,10H2,1-2H3. The summed E-state index contributed by atoms with van der Waals surface area (Å²) in [6.07, 6.45) is 0.594. The van der Waals surface area contributed by atoms with Gasteiger partial charge in [0, 0.05) is 13.0 Å². The molecule has 0 amide bonds. The first-order valence-corrected chi connectivity index (χ1v) is 8.94. The zero-order valence-electron chi connectivity index (χ0n) is 13.3. The van der Waals surface area contributed by atoms with Crippen molar-refractivity contribution >= 4 is 10.0 Å². The van der Waals surface area contributed by atoms with Crippen LogP contribution in [0.25, 0.3) is 11.7 Å². The van der Waals surface area contributed by atoms with Crippen molar-refractivity contribution < 1.29 is 17.3 Å². The molecule has 0 spiro atoms. The molecule has 1 aromatic carbocycles. The van der Waals surface area contributed by atoms with E-state index in [0.29, 0.717) is 12.3 Å². The van der Waals surface area contributed by atoms with E-state index in [-0.39, 0.29) is 23.3 Å². The average Bonchev–Trinajstić information content (AvgIpc) is 3.23. The van der Waals surface area contributed by atoms with Crippen molar-refractivity contribution in [2.45, 2.75) is 31.9 Å². The normalized spacial score (nSPS) is 11.8. The summed E-state index contributed by atoms with van der Waals surface area (Å²) in [6.45, 7) is 4.03. The predicted molar refractivity (Wildman–Crippen MR) is 86.6 cm³/mol. The van der Waals surface area contributed by atoms with Gasteiger partial charge in [0.15, 0.2) is 5.76 Å². The van der Waals surface area contributed by atoms with Crippen LogP contribution < -0.4 is 4.72 Å². The minimum absolute atomic E-state index is 0.159. The lowest BCUT2D eigenvalue weighted by molar-refractivity contribution is 0.432. The topological polar surface area (TPSA) is 98.2 Å². The van der Waals surface area contributed by atoms with Crippen molar-refractivity contribution in [1.82, 2.24) is 14.9 Å². The zero-order valence-corrected chi connectivity index (χ0v) is 14.1. The molecule has 2 aromatic heterocycles. The van der Waals surface area contributed by atoms with Gasteiger partial charge in [-0.3, -0.25) is 0 Å². The van der Waals surface area contributed by atoms with Gasteiger partial charge in [-0.2, -0.15) is 0 Å².